The number of nitrogens with one attached hydrogen (secondary N) is 1. The van der Waals surface area contributed by atoms with Gasteiger partial charge < -0.3 is 5.32 Å². The van der Waals surface area contributed by atoms with Gasteiger partial charge in [-0.1, -0.05) is 41.1 Å². The minimum atomic E-state index is 0.947. The zero-order valence-corrected chi connectivity index (χ0v) is 10.3. The number of rotatable bonds is 3. The first-order chi connectivity index (χ1) is 7.29. The lowest BCUT2D eigenvalue weighted by Crippen LogP contribution is -2.11. The van der Waals surface area contributed by atoms with Crippen molar-refractivity contribution in [2.24, 2.45) is 0 Å². The van der Waals surface area contributed by atoms with Crippen LogP contribution < -0.4 is 5.32 Å². The summed E-state index contributed by atoms with van der Waals surface area (Å²) in [6.07, 6.45) is 0. The highest BCUT2D eigenvalue weighted by atomic mass is 79.9. The monoisotopic (exact) mass is 263 g/mol. The Labute approximate surface area is 98.6 Å². The molecule has 0 spiro atoms. The average Bonchev–Trinajstić information content (AvgIpc) is 2.26. The van der Waals surface area contributed by atoms with E-state index in [1.54, 1.807) is 0 Å². The molecule has 0 aliphatic rings. The third kappa shape index (κ3) is 2.58. The highest BCUT2D eigenvalue weighted by molar-refractivity contribution is 9.10. The predicted octanol–water partition coefficient (Wildman–Crippen LogP) is 3.71. The van der Waals surface area contributed by atoms with Gasteiger partial charge in [-0.3, -0.25) is 0 Å². The number of benzene rings is 2. The van der Waals surface area contributed by atoms with Crippen molar-refractivity contribution in [2.75, 3.05) is 6.54 Å². The molecular weight excluding hydrogens is 250 g/mol. The molecule has 0 heterocycles. The van der Waals surface area contributed by atoms with Crippen molar-refractivity contribution in [3.63, 3.8) is 0 Å². The van der Waals surface area contributed by atoms with Crippen molar-refractivity contribution in [3.8, 4) is 0 Å². The molecule has 0 fully saturated rings. The third-order valence-corrected chi connectivity index (χ3v) is 2.94. The van der Waals surface area contributed by atoms with Crippen LogP contribution in [-0.4, -0.2) is 6.54 Å². The quantitative estimate of drug-likeness (QED) is 0.891. The van der Waals surface area contributed by atoms with Gasteiger partial charge in [0.2, 0.25) is 0 Å². The van der Waals surface area contributed by atoms with Gasteiger partial charge in [0.15, 0.2) is 0 Å². The molecule has 2 aromatic carbocycles. The van der Waals surface area contributed by atoms with E-state index in [4.69, 9.17) is 0 Å². The van der Waals surface area contributed by atoms with Crippen molar-refractivity contribution in [3.05, 3.63) is 46.4 Å². The lowest BCUT2D eigenvalue weighted by Gasteiger charge is -2.04. The van der Waals surface area contributed by atoms with Crippen LogP contribution in [-0.2, 0) is 6.54 Å². The summed E-state index contributed by atoms with van der Waals surface area (Å²) in [4.78, 5) is 0. The van der Waals surface area contributed by atoms with Gasteiger partial charge in [0.25, 0.3) is 0 Å². The van der Waals surface area contributed by atoms with Crippen molar-refractivity contribution >= 4 is 26.7 Å². The summed E-state index contributed by atoms with van der Waals surface area (Å²) in [6, 6.07) is 13.0. The Morgan fingerprint density at radius 3 is 2.60 bits per heavy atom. The summed E-state index contributed by atoms with van der Waals surface area (Å²) in [5.74, 6) is 0. The first-order valence-electron chi connectivity index (χ1n) is 5.18. The Morgan fingerprint density at radius 2 is 1.80 bits per heavy atom. The van der Waals surface area contributed by atoms with E-state index in [1.165, 1.54) is 16.3 Å². The van der Waals surface area contributed by atoms with Gasteiger partial charge in [0.05, 0.1) is 0 Å². The van der Waals surface area contributed by atoms with E-state index in [0.29, 0.717) is 0 Å². The fraction of sp³-hybridized carbons (Fsp3) is 0.231. The second-order valence-corrected chi connectivity index (χ2v) is 4.52. The van der Waals surface area contributed by atoms with E-state index >= 15 is 0 Å². The van der Waals surface area contributed by atoms with Crippen LogP contribution in [0.2, 0.25) is 0 Å². The lowest BCUT2D eigenvalue weighted by atomic mass is 10.1. The van der Waals surface area contributed by atoms with Crippen LogP contribution in [0.4, 0.5) is 0 Å². The molecule has 1 N–H and O–H groups in total. The van der Waals surface area contributed by atoms with Crippen LogP contribution in [0.5, 0.6) is 0 Å². The predicted molar refractivity (Wildman–Crippen MR) is 69.0 cm³/mol. The lowest BCUT2D eigenvalue weighted by molar-refractivity contribution is 0.727. The highest BCUT2D eigenvalue weighted by Gasteiger charge is 1.96. The van der Waals surface area contributed by atoms with Crippen LogP contribution in [0.1, 0.15) is 12.5 Å². The zero-order valence-electron chi connectivity index (χ0n) is 8.76. The Hall–Kier alpha value is -0.860. The smallest absolute Gasteiger partial charge is 0.0205 e. The van der Waals surface area contributed by atoms with Crippen LogP contribution in [0.15, 0.2) is 40.9 Å². The summed E-state index contributed by atoms with van der Waals surface area (Å²) < 4.78 is 1.13. The minimum Gasteiger partial charge on any atom is -0.313 e. The molecule has 0 saturated carbocycles. The first-order valence-corrected chi connectivity index (χ1v) is 5.98. The molecule has 0 bridgehead atoms. The molecule has 0 saturated heterocycles. The Kier molecular flexibility index (Phi) is 3.39. The molecule has 2 aromatic rings. The maximum absolute atomic E-state index is 3.48. The number of fused-ring (bicyclic) bond motifs is 1. The highest BCUT2D eigenvalue weighted by Crippen LogP contribution is 2.20. The topological polar surface area (TPSA) is 12.0 Å². The molecule has 0 aliphatic heterocycles. The number of hydrogen-bond donors (Lipinski definition) is 1. The van der Waals surface area contributed by atoms with Gasteiger partial charge in [-0.25, -0.2) is 0 Å². The van der Waals surface area contributed by atoms with Crippen molar-refractivity contribution in [2.45, 2.75) is 13.5 Å². The molecule has 0 atom stereocenters. The molecule has 0 radical (unpaired) electrons. The fourth-order valence-corrected chi connectivity index (χ4v) is 2.02. The summed E-state index contributed by atoms with van der Waals surface area (Å²) in [6.45, 7) is 4.08. The summed E-state index contributed by atoms with van der Waals surface area (Å²) in [5.41, 5.74) is 1.34. The summed E-state index contributed by atoms with van der Waals surface area (Å²) in [5, 5.41) is 5.91. The minimum absolute atomic E-state index is 0.947. The fourth-order valence-electron chi connectivity index (χ4n) is 1.65. The zero-order chi connectivity index (χ0) is 10.7. The van der Waals surface area contributed by atoms with E-state index < -0.39 is 0 Å². The van der Waals surface area contributed by atoms with Crippen LogP contribution in [0, 0.1) is 0 Å². The van der Waals surface area contributed by atoms with Crippen molar-refractivity contribution in [1.82, 2.24) is 5.32 Å². The molecule has 15 heavy (non-hydrogen) atoms. The average molecular weight is 264 g/mol. The molecule has 0 unspecified atom stereocenters. The van der Waals surface area contributed by atoms with E-state index in [2.05, 4.69) is 64.6 Å². The number of halogens is 1. The normalized spacial score (nSPS) is 10.8. The van der Waals surface area contributed by atoms with Gasteiger partial charge in [-0.2, -0.15) is 0 Å². The molecule has 1 nitrogen and oxygen atoms in total. The molecule has 78 valence electrons. The van der Waals surface area contributed by atoms with Crippen molar-refractivity contribution < 1.29 is 0 Å². The van der Waals surface area contributed by atoms with Gasteiger partial charge >= 0.3 is 0 Å². The van der Waals surface area contributed by atoms with Crippen molar-refractivity contribution in [1.29, 1.82) is 0 Å². The molecular formula is C13H14BrN. The van der Waals surface area contributed by atoms with E-state index in [-0.39, 0.29) is 0 Å². The second kappa shape index (κ2) is 4.77. The van der Waals surface area contributed by atoms with Gasteiger partial charge in [-0.15, -0.1) is 0 Å². The summed E-state index contributed by atoms with van der Waals surface area (Å²) >= 11 is 3.48. The number of hydrogen-bond acceptors (Lipinski definition) is 1. The summed E-state index contributed by atoms with van der Waals surface area (Å²) in [7, 11) is 0. The van der Waals surface area contributed by atoms with Crippen LogP contribution in [0.25, 0.3) is 10.8 Å². The standard InChI is InChI=1S/C13H14BrN/c1-2-15-9-10-3-4-12-8-13(14)6-5-11(12)7-10/h3-8,15H,2,9H2,1H3. The van der Waals surface area contributed by atoms with Gasteiger partial charge in [-0.05, 0) is 41.1 Å². The molecule has 2 heteroatoms. The van der Waals surface area contributed by atoms with E-state index in [1.807, 2.05) is 0 Å². The van der Waals surface area contributed by atoms with Gasteiger partial charge in [0.1, 0.15) is 0 Å². The Bertz CT molecular complexity index is 465. The molecule has 0 aliphatic carbocycles. The Morgan fingerprint density at radius 1 is 1.07 bits per heavy atom. The van der Waals surface area contributed by atoms with E-state index in [0.717, 1.165) is 17.6 Å². The molecule has 0 amide bonds. The van der Waals surface area contributed by atoms with E-state index in [9.17, 15) is 0 Å². The van der Waals surface area contributed by atoms with Crippen LogP contribution >= 0.6 is 15.9 Å². The molecule has 2 rings (SSSR count). The third-order valence-electron chi connectivity index (χ3n) is 2.45. The maximum Gasteiger partial charge on any atom is 0.0205 e. The van der Waals surface area contributed by atoms with Gasteiger partial charge in [0, 0.05) is 11.0 Å². The SMILES string of the molecule is CCNCc1ccc2cc(Br)ccc2c1. The Balaban J connectivity index is 2.34. The molecule has 0 aromatic heterocycles. The largest absolute Gasteiger partial charge is 0.313 e. The first kappa shape index (κ1) is 10.7. The van der Waals surface area contributed by atoms with Crippen LogP contribution in [0.3, 0.4) is 0 Å². The maximum atomic E-state index is 3.48. The second-order valence-electron chi connectivity index (χ2n) is 3.61.